The van der Waals surface area contributed by atoms with Crippen molar-refractivity contribution in [3.8, 4) is 10.8 Å². The second kappa shape index (κ2) is 7.58. The molecule has 4 aromatic heterocycles. The average Bonchev–Trinajstić information content (AvgIpc) is 3.43. The molecule has 4 aromatic rings. The molecule has 0 N–H and O–H groups in total. The van der Waals surface area contributed by atoms with E-state index in [0.29, 0.717) is 23.2 Å². The lowest BCUT2D eigenvalue weighted by Crippen LogP contribution is -2.07. The Balaban J connectivity index is 1.44. The number of thioether (sulfide) groups is 1. The lowest BCUT2D eigenvalue weighted by atomic mass is 10.2. The summed E-state index contributed by atoms with van der Waals surface area (Å²) in [5.74, 6) is 1.63. The van der Waals surface area contributed by atoms with Crippen molar-refractivity contribution in [2.75, 3.05) is 5.75 Å². The molecule has 0 saturated carbocycles. The maximum absolute atomic E-state index is 12.7. The van der Waals surface area contributed by atoms with Crippen LogP contribution in [0.5, 0.6) is 0 Å². The second-order valence-corrected chi connectivity index (χ2v) is 7.89. The van der Waals surface area contributed by atoms with Crippen molar-refractivity contribution < 1.29 is 13.6 Å². The van der Waals surface area contributed by atoms with Crippen molar-refractivity contribution in [3.63, 3.8) is 0 Å². The zero-order valence-electron chi connectivity index (χ0n) is 14.8. The molecule has 0 unspecified atom stereocenters. The largest absolute Gasteiger partial charge is 0.467 e. The highest BCUT2D eigenvalue weighted by molar-refractivity contribution is 7.99. The highest BCUT2D eigenvalue weighted by atomic mass is 32.2. The summed E-state index contributed by atoms with van der Waals surface area (Å²) in [6.07, 6.45) is 1.65. The number of nitrogens with zero attached hydrogens (tertiary/aromatic N) is 3. The molecule has 0 aromatic carbocycles. The Bertz CT molecular complexity index is 1050. The number of hydrogen-bond acceptors (Lipinski definition) is 7. The molecule has 0 fully saturated rings. The number of carbonyl (C=O) groups is 1. The minimum Gasteiger partial charge on any atom is -0.467 e. The molecule has 8 heteroatoms. The number of rotatable bonds is 7. The molecular formula is C19H17N3O3S2. The minimum atomic E-state index is 0.0367. The summed E-state index contributed by atoms with van der Waals surface area (Å²) in [6.45, 7) is 4.56. The van der Waals surface area contributed by atoms with E-state index in [9.17, 15) is 4.79 Å². The zero-order valence-corrected chi connectivity index (χ0v) is 16.5. The molecule has 0 amide bonds. The monoisotopic (exact) mass is 399 g/mol. The average molecular weight is 399 g/mol. The van der Waals surface area contributed by atoms with Crippen LogP contribution in [-0.4, -0.2) is 26.3 Å². The lowest BCUT2D eigenvalue weighted by molar-refractivity contribution is 0.102. The zero-order chi connectivity index (χ0) is 18.8. The van der Waals surface area contributed by atoms with Crippen LogP contribution in [-0.2, 0) is 6.54 Å². The predicted octanol–water partition coefficient (Wildman–Crippen LogP) is 4.83. The first-order chi connectivity index (χ1) is 13.1. The van der Waals surface area contributed by atoms with Gasteiger partial charge in [-0.25, -0.2) is 0 Å². The standard InChI is InChI=1S/C19H17N3O3S2/c1-12-9-15(13(2)22(12)10-14-5-3-7-24-14)16(23)11-27-19-21-20-18(25-19)17-6-4-8-26-17/h3-9H,10-11H2,1-2H3. The van der Waals surface area contributed by atoms with Gasteiger partial charge in [-0.2, -0.15) is 0 Å². The van der Waals surface area contributed by atoms with Gasteiger partial charge in [0.05, 0.1) is 23.4 Å². The molecule has 0 aliphatic heterocycles. The number of carbonyl (C=O) groups excluding carboxylic acids is 1. The molecule has 0 aliphatic rings. The Morgan fingerprint density at radius 3 is 2.89 bits per heavy atom. The fourth-order valence-corrected chi connectivity index (χ4v) is 4.15. The summed E-state index contributed by atoms with van der Waals surface area (Å²) in [6, 6.07) is 9.56. The van der Waals surface area contributed by atoms with Gasteiger partial charge >= 0.3 is 0 Å². The predicted molar refractivity (Wildman–Crippen MR) is 104 cm³/mol. The molecule has 27 heavy (non-hydrogen) atoms. The Hall–Kier alpha value is -2.58. The first kappa shape index (κ1) is 17.8. The summed E-state index contributed by atoms with van der Waals surface area (Å²) in [7, 11) is 0. The van der Waals surface area contributed by atoms with Crippen molar-refractivity contribution in [3.05, 3.63) is 64.7 Å². The minimum absolute atomic E-state index is 0.0367. The molecule has 4 heterocycles. The van der Waals surface area contributed by atoms with Crippen molar-refractivity contribution in [2.45, 2.75) is 25.6 Å². The van der Waals surface area contributed by atoms with Crippen molar-refractivity contribution in [1.29, 1.82) is 0 Å². The topological polar surface area (TPSA) is 74.1 Å². The van der Waals surface area contributed by atoms with Crippen LogP contribution in [0, 0.1) is 13.8 Å². The molecule has 4 rings (SSSR count). The van der Waals surface area contributed by atoms with Crippen molar-refractivity contribution in [1.82, 2.24) is 14.8 Å². The van der Waals surface area contributed by atoms with E-state index in [0.717, 1.165) is 22.0 Å². The Morgan fingerprint density at radius 1 is 1.26 bits per heavy atom. The fraction of sp³-hybridized carbons (Fsp3) is 0.211. The first-order valence-electron chi connectivity index (χ1n) is 8.34. The van der Waals surface area contributed by atoms with Gasteiger partial charge in [0.1, 0.15) is 5.76 Å². The fourth-order valence-electron chi connectivity index (χ4n) is 2.86. The summed E-state index contributed by atoms with van der Waals surface area (Å²) in [5.41, 5.74) is 2.67. The molecule has 0 atom stereocenters. The van der Waals surface area contributed by atoms with Gasteiger partial charge in [-0.05, 0) is 43.5 Å². The number of aromatic nitrogens is 3. The van der Waals surface area contributed by atoms with E-state index >= 15 is 0 Å². The summed E-state index contributed by atoms with van der Waals surface area (Å²) < 4.78 is 13.1. The van der Waals surface area contributed by atoms with Crippen LogP contribution >= 0.6 is 23.1 Å². The Labute approximate surface area is 164 Å². The maximum atomic E-state index is 12.7. The number of furan rings is 1. The highest BCUT2D eigenvalue weighted by Crippen LogP contribution is 2.27. The van der Waals surface area contributed by atoms with E-state index in [1.807, 2.05) is 49.6 Å². The summed E-state index contributed by atoms with van der Waals surface area (Å²) in [4.78, 5) is 13.6. The molecule has 0 radical (unpaired) electrons. The third-order valence-corrected chi connectivity index (χ3v) is 5.91. The SMILES string of the molecule is Cc1cc(C(=O)CSc2nnc(-c3cccs3)o2)c(C)n1Cc1ccco1. The number of thiophene rings is 1. The van der Waals surface area contributed by atoms with E-state index in [1.54, 1.807) is 6.26 Å². The molecule has 0 aliphatic carbocycles. The second-order valence-electron chi connectivity index (χ2n) is 6.01. The highest BCUT2D eigenvalue weighted by Gasteiger charge is 2.18. The van der Waals surface area contributed by atoms with Crippen LogP contribution in [0.15, 0.2) is 56.0 Å². The van der Waals surface area contributed by atoms with Crippen LogP contribution in [0.1, 0.15) is 27.5 Å². The molecule has 0 saturated heterocycles. The number of aryl methyl sites for hydroxylation is 1. The summed E-state index contributed by atoms with van der Waals surface area (Å²) in [5, 5.41) is 10.4. The van der Waals surface area contributed by atoms with Gasteiger partial charge in [0.15, 0.2) is 5.78 Å². The normalized spacial score (nSPS) is 11.2. The van der Waals surface area contributed by atoms with Gasteiger partial charge in [0.2, 0.25) is 0 Å². The van der Waals surface area contributed by atoms with Gasteiger partial charge in [-0.15, -0.1) is 21.5 Å². The molecular weight excluding hydrogens is 382 g/mol. The molecule has 6 nitrogen and oxygen atoms in total. The van der Waals surface area contributed by atoms with Gasteiger partial charge in [0.25, 0.3) is 11.1 Å². The number of hydrogen-bond donors (Lipinski definition) is 0. The van der Waals surface area contributed by atoms with Crippen LogP contribution < -0.4 is 0 Å². The van der Waals surface area contributed by atoms with E-state index in [2.05, 4.69) is 14.8 Å². The first-order valence-corrected chi connectivity index (χ1v) is 10.2. The van der Waals surface area contributed by atoms with Gasteiger partial charge in [-0.1, -0.05) is 17.8 Å². The van der Waals surface area contributed by atoms with Gasteiger partial charge < -0.3 is 13.4 Å². The van der Waals surface area contributed by atoms with E-state index < -0.39 is 0 Å². The number of ketones is 1. The molecule has 0 bridgehead atoms. The van der Waals surface area contributed by atoms with Crippen LogP contribution in [0.3, 0.4) is 0 Å². The van der Waals surface area contributed by atoms with Crippen molar-refractivity contribution >= 4 is 28.9 Å². The maximum Gasteiger partial charge on any atom is 0.277 e. The van der Waals surface area contributed by atoms with E-state index in [1.165, 1.54) is 23.1 Å². The third kappa shape index (κ3) is 3.77. The van der Waals surface area contributed by atoms with Crippen LogP contribution in [0.25, 0.3) is 10.8 Å². The Kier molecular flexibility index (Phi) is 5.00. The van der Waals surface area contributed by atoms with Gasteiger partial charge in [0, 0.05) is 17.0 Å². The van der Waals surface area contributed by atoms with Crippen LogP contribution in [0.2, 0.25) is 0 Å². The molecule has 0 spiro atoms. The quantitative estimate of drug-likeness (QED) is 0.327. The van der Waals surface area contributed by atoms with Crippen molar-refractivity contribution in [2.24, 2.45) is 0 Å². The van der Waals surface area contributed by atoms with Gasteiger partial charge in [-0.3, -0.25) is 4.79 Å². The molecule has 138 valence electrons. The van der Waals surface area contributed by atoms with E-state index in [4.69, 9.17) is 8.83 Å². The number of Topliss-reactive ketones (excluding diaryl/α,β-unsaturated/α-hetero) is 1. The smallest absolute Gasteiger partial charge is 0.277 e. The van der Waals surface area contributed by atoms with E-state index in [-0.39, 0.29) is 11.5 Å². The lowest BCUT2D eigenvalue weighted by Gasteiger charge is -2.07. The van der Waals surface area contributed by atoms with Crippen LogP contribution in [0.4, 0.5) is 0 Å². The summed E-state index contributed by atoms with van der Waals surface area (Å²) >= 11 is 2.79. The third-order valence-electron chi connectivity index (χ3n) is 4.23. The Morgan fingerprint density at radius 2 is 2.15 bits per heavy atom.